The number of aryl methyl sites for hydroxylation is 1. The molecule has 0 aliphatic carbocycles. The Morgan fingerprint density at radius 1 is 0.897 bits per heavy atom. The van der Waals surface area contributed by atoms with Gasteiger partial charge in [-0.2, -0.15) is 13.2 Å². The lowest BCUT2D eigenvalue weighted by atomic mass is 10.0. The molecule has 1 N–H and O–H groups in total. The summed E-state index contributed by atoms with van der Waals surface area (Å²) in [6.45, 7) is 1.43. The SMILES string of the molecule is Cc1cc(-c2nc3c(=O)cc[nH]c3nc2-c2ccc(F)cc2)cc(C(F)(F)F)n1. The maximum absolute atomic E-state index is 13.4. The van der Waals surface area contributed by atoms with Crippen molar-refractivity contribution < 1.29 is 17.6 Å². The first-order chi connectivity index (χ1) is 13.7. The Bertz CT molecular complexity index is 1280. The fraction of sp³-hybridized carbons (Fsp3) is 0.100. The van der Waals surface area contributed by atoms with Crippen LogP contribution in [0.4, 0.5) is 17.6 Å². The van der Waals surface area contributed by atoms with Crippen LogP contribution in [-0.2, 0) is 6.18 Å². The van der Waals surface area contributed by atoms with Crippen LogP contribution in [0.5, 0.6) is 0 Å². The van der Waals surface area contributed by atoms with Gasteiger partial charge in [-0.05, 0) is 43.3 Å². The quantitative estimate of drug-likeness (QED) is 0.503. The summed E-state index contributed by atoms with van der Waals surface area (Å²) in [7, 11) is 0. The van der Waals surface area contributed by atoms with Crippen LogP contribution in [0.2, 0.25) is 0 Å². The first-order valence-corrected chi connectivity index (χ1v) is 8.44. The lowest BCUT2D eigenvalue weighted by Gasteiger charge is -2.13. The average molecular weight is 400 g/mol. The number of nitrogens with one attached hydrogen (secondary N) is 1. The van der Waals surface area contributed by atoms with Crippen LogP contribution < -0.4 is 5.43 Å². The fourth-order valence-electron chi connectivity index (χ4n) is 2.94. The highest BCUT2D eigenvalue weighted by Gasteiger charge is 2.33. The Kier molecular flexibility index (Phi) is 4.37. The van der Waals surface area contributed by atoms with Gasteiger partial charge in [0.05, 0.1) is 11.4 Å². The molecule has 0 bridgehead atoms. The van der Waals surface area contributed by atoms with Crippen molar-refractivity contribution in [2.45, 2.75) is 13.1 Å². The van der Waals surface area contributed by atoms with Crippen LogP contribution in [0.25, 0.3) is 33.7 Å². The third-order valence-corrected chi connectivity index (χ3v) is 4.22. The Labute approximate surface area is 161 Å². The highest BCUT2D eigenvalue weighted by atomic mass is 19.4. The van der Waals surface area contributed by atoms with Gasteiger partial charge >= 0.3 is 6.18 Å². The van der Waals surface area contributed by atoms with E-state index in [0.29, 0.717) is 5.56 Å². The maximum atomic E-state index is 13.4. The minimum absolute atomic E-state index is 0.0172. The zero-order valence-corrected chi connectivity index (χ0v) is 14.9. The second-order valence-electron chi connectivity index (χ2n) is 6.35. The van der Waals surface area contributed by atoms with E-state index in [2.05, 4.69) is 19.9 Å². The first-order valence-electron chi connectivity index (χ1n) is 8.44. The van der Waals surface area contributed by atoms with Gasteiger partial charge in [0, 0.05) is 29.1 Å². The van der Waals surface area contributed by atoms with Crippen molar-refractivity contribution in [3.05, 3.63) is 76.1 Å². The van der Waals surface area contributed by atoms with Gasteiger partial charge in [-0.25, -0.2) is 19.3 Å². The van der Waals surface area contributed by atoms with E-state index < -0.39 is 23.1 Å². The Morgan fingerprint density at radius 2 is 1.59 bits per heavy atom. The summed E-state index contributed by atoms with van der Waals surface area (Å²) in [6.07, 6.45) is -3.26. The van der Waals surface area contributed by atoms with Gasteiger partial charge in [0.25, 0.3) is 0 Å². The molecule has 0 aliphatic heterocycles. The van der Waals surface area contributed by atoms with Crippen LogP contribution in [0.1, 0.15) is 11.4 Å². The zero-order valence-electron chi connectivity index (χ0n) is 14.9. The summed E-state index contributed by atoms with van der Waals surface area (Å²) in [6, 6.07) is 8.82. The molecule has 9 heteroatoms. The molecule has 0 saturated carbocycles. The molecule has 1 aromatic carbocycles. The van der Waals surface area contributed by atoms with Crippen LogP contribution >= 0.6 is 0 Å². The summed E-state index contributed by atoms with van der Waals surface area (Å²) in [5, 5.41) is 0. The van der Waals surface area contributed by atoms with E-state index in [1.807, 2.05) is 0 Å². The largest absolute Gasteiger partial charge is 0.433 e. The minimum Gasteiger partial charge on any atom is -0.345 e. The average Bonchev–Trinajstić information content (AvgIpc) is 2.67. The van der Waals surface area contributed by atoms with E-state index in [4.69, 9.17) is 0 Å². The number of nitrogens with zero attached hydrogens (tertiary/aromatic N) is 3. The number of aromatic amines is 1. The summed E-state index contributed by atoms with van der Waals surface area (Å²) in [4.78, 5) is 27.2. The van der Waals surface area contributed by atoms with Crippen LogP contribution in [-0.4, -0.2) is 19.9 Å². The molecular weight excluding hydrogens is 388 g/mol. The fourth-order valence-corrected chi connectivity index (χ4v) is 2.94. The lowest BCUT2D eigenvalue weighted by molar-refractivity contribution is -0.141. The molecular formula is C20H12F4N4O. The summed E-state index contributed by atoms with van der Waals surface area (Å²) < 4.78 is 53.1. The molecule has 0 radical (unpaired) electrons. The van der Waals surface area contributed by atoms with E-state index in [1.54, 1.807) is 0 Å². The third-order valence-electron chi connectivity index (χ3n) is 4.22. The van der Waals surface area contributed by atoms with Crippen LogP contribution in [0.3, 0.4) is 0 Å². The van der Waals surface area contributed by atoms with Crippen molar-refractivity contribution in [1.29, 1.82) is 0 Å². The molecule has 0 saturated heterocycles. The Morgan fingerprint density at radius 3 is 2.28 bits per heavy atom. The number of hydrogen-bond acceptors (Lipinski definition) is 4. The monoisotopic (exact) mass is 400 g/mol. The van der Waals surface area contributed by atoms with Crippen LogP contribution in [0, 0.1) is 12.7 Å². The van der Waals surface area contributed by atoms with Crippen LogP contribution in [0.15, 0.2) is 53.5 Å². The number of halogens is 4. The topological polar surface area (TPSA) is 71.5 Å². The van der Waals surface area contributed by atoms with Gasteiger partial charge in [-0.3, -0.25) is 4.79 Å². The molecule has 0 aliphatic rings. The molecule has 0 fully saturated rings. The molecule has 0 unspecified atom stereocenters. The number of pyridine rings is 2. The maximum Gasteiger partial charge on any atom is 0.433 e. The van der Waals surface area contributed by atoms with E-state index >= 15 is 0 Å². The van der Waals surface area contributed by atoms with E-state index in [-0.39, 0.29) is 33.8 Å². The first kappa shape index (κ1) is 18.7. The predicted molar refractivity (Wildman–Crippen MR) is 98.5 cm³/mol. The third kappa shape index (κ3) is 3.58. The molecule has 3 heterocycles. The van der Waals surface area contributed by atoms with Crippen molar-refractivity contribution in [3.63, 3.8) is 0 Å². The molecule has 0 amide bonds. The summed E-state index contributed by atoms with van der Waals surface area (Å²) in [5.41, 5.74) is -0.427. The molecule has 0 spiro atoms. The number of aromatic nitrogens is 4. The van der Waals surface area contributed by atoms with Crippen molar-refractivity contribution in [2.24, 2.45) is 0 Å². The molecule has 0 atom stereocenters. The normalized spacial score (nSPS) is 11.8. The summed E-state index contributed by atoms with van der Waals surface area (Å²) in [5.74, 6) is -0.475. The van der Waals surface area contributed by atoms with E-state index in [9.17, 15) is 22.4 Å². The molecule has 146 valence electrons. The number of rotatable bonds is 2. The van der Waals surface area contributed by atoms with Gasteiger partial charge in [0.1, 0.15) is 11.5 Å². The number of alkyl halides is 3. The zero-order chi connectivity index (χ0) is 20.8. The van der Waals surface area contributed by atoms with Gasteiger partial charge in [-0.1, -0.05) is 0 Å². The number of fused-ring (bicyclic) bond motifs is 1. The predicted octanol–water partition coefficient (Wildman–Crippen LogP) is 4.51. The molecule has 5 nitrogen and oxygen atoms in total. The van der Waals surface area contributed by atoms with Crippen molar-refractivity contribution in [2.75, 3.05) is 0 Å². The second kappa shape index (κ2) is 6.77. The van der Waals surface area contributed by atoms with Gasteiger partial charge in [0.2, 0.25) is 5.43 Å². The Hall–Kier alpha value is -3.62. The van der Waals surface area contributed by atoms with Gasteiger partial charge in [-0.15, -0.1) is 0 Å². The standard InChI is InChI=1S/C20H12F4N4O/c1-10-8-12(9-15(26-10)20(22,23)24)17-16(11-2-4-13(21)5-3-11)28-19-18(27-17)14(29)6-7-25-19/h2-9H,1H3,(H,25,28,29). The number of hydrogen-bond donors (Lipinski definition) is 1. The number of benzene rings is 1. The molecule has 3 aromatic heterocycles. The van der Waals surface area contributed by atoms with Crippen molar-refractivity contribution in [3.8, 4) is 22.5 Å². The van der Waals surface area contributed by atoms with Gasteiger partial charge in [0.15, 0.2) is 11.2 Å². The van der Waals surface area contributed by atoms with E-state index in [1.165, 1.54) is 49.5 Å². The summed E-state index contributed by atoms with van der Waals surface area (Å²) >= 11 is 0. The van der Waals surface area contributed by atoms with Crippen molar-refractivity contribution in [1.82, 2.24) is 19.9 Å². The number of H-pyrrole nitrogens is 1. The van der Waals surface area contributed by atoms with Crippen molar-refractivity contribution >= 4 is 11.2 Å². The molecule has 4 aromatic rings. The highest BCUT2D eigenvalue weighted by Crippen LogP contribution is 2.34. The molecule has 29 heavy (non-hydrogen) atoms. The molecule has 4 rings (SSSR count). The minimum atomic E-state index is -4.65. The van der Waals surface area contributed by atoms with Gasteiger partial charge < -0.3 is 4.98 Å². The second-order valence-corrected chi connectivity index (χ2v) is 6.35. The van der Waals surface area contributed by atoms with E-state index in [0.717, 1.165) is 6.07 Å². The lowest BCUT2D eigenvalue weighted by Crippen LogP contribution is -2.10. The Balaban J connectivity index is 2.06. The highest BCUT2D eigenvalue weighted by molar-refractivity contribution is 5.84. The smallest absolute Gasteiger partial charge is 0.345 e.